The summed E-state index contributed by atoms with van der Waals surface area (Å²) >= 11 is 0. The van der Waals surface area contributed by atoms with Crippen molar-refractivity contribution in [1.82, 2.24) is 25.0 Å². The van der Waals surface area contributed by atoms with Gasteiger partial charge in [-0.2, -0.15) is 31.4 Å². The first-order valence-electron chi connectivity index (χ1n) is 12.7. The number of aromatic nitrogens is 3. The van der Waals surface area contributed by atoms with Gasteiger partial charge in [-0.05, 0) is 46.5 Å². The highest BCUT2D eigenvalue weighted by Crippen LogP contribution is 2.24. The molecular formula is C28H27F6N5O4. The van der Waals surface area contributed by atoms with Crippen molar-refractivity contribution in [2.24, 2.45) is 0 Å². The molecule has 3 N–H and O–H groups in total. The van der Waals surface area contributed by atoms with Crippen LogP contribution in [0.1, 0.15) is 11.1 Å². The Morgan fingerprint density at radius 2 is 1.16 bits per heavy atom. The second-order valence-corrected chi connectivity index (χ2v) is 9.38. The molecule has 1 fully saturated rings. The van der Waals surface area contributed by atoms with Crippen LogP contribution in [0.15, 0.2) is 73.2 Å². The molecule has 0 spiro atoms. The fourth-order valence-corrected chi connectivity index (χ4v) is 4.03. The van der Waals surface area contributed by atoms with E-state index in [1.807, 2.05) is 18.6 Å². The molecule has 0 amide bonds. The Bertz CT molecular complexity index is 1450. The average Bonchev–Trinajstić information content (AvgIpc) is 3.43. The molecule has 0 radical (unpaired) electrons. The number of fused-ring (bicyclic) bond motifs is 1. The molecule has 0 bridgehead atoms. The maximum atomic E-state index is 10.6. The van der Waals surface area contributed by atoms with Crippen LogP contribution in [0.3, 0.4) is 0 Å². The first-order valence-corrected chi connectivity index (χ1v) is 12.7. The third-order valence-corrected chi connectivity index (χ3v) is 6.24. The maximum absolute atomic E-state index is 10.6. The number of nitrogens with zero attached hydrogens (tertiary/aromatic N) is 4. The SMILES string of the molecule is O=C(O)C(F)(F)F.O=C(O)C(F)(F)F.c1cc(CN2CCN(Cc3ccc(-c4ccc5[nH]ncc5c4)cc3)CC2)ccn1. The molecule has 2 aromatic carbocycles. The molecule has 230 valence electrons. The summed E-state index contributed by atoms with van der Waals surface area (Å²) in [5.41, 5.74) is 6.28. The lowest BCUT2D eigenvalue weighted by Gasteiger charge is -2.34. The fourth-order valence-electron chi connectivity index (χ4n) is 4.03. The van der Waals surface area contributed by atoms with Crippen molar-refractivity contribution in [2.45, 2.75) is 25.4 Å². The number of halogens is 6. The van der Waals surface area contributed by atoms with Gasteiger partial charge in [0, 0.05) is 57.0 Å². The number of aliphatic carboxylic acids is 2. The Morgan fingerprint density at radius 3 is 1.63 bits per heavy atom. The summed E-state index contributed by atoms with van der Waals surface area (Å²) in [6, 6.07) is 19.6. The van der Waals surface area contributed by atoms with Crippen molar-refractivity contribution < 1.29 is 46.1 Å². The van der Waals surface area contributed by atoms with Crippen molar-refractivity contribution in [3.63, 3.8) is 0 Å². The number of aromatic amines is 1. The van der Waals surface area contributed by atoms with E-state index in [0.717, 1.165) is 50.2 Å². The van der Waals surface area contributed by atoms with E-state index in [-0.39, 0.29) is 0 Å². The van der Waals surface area contributed by atoms with Gasteiger partial charge >= 0.3 is 24.3 Å². The second-order valence-electron chi connectivity index (χ2n) is 9.38. The van der Waals surface area contributed by atoms with Crippen LogP contribution in [-0.4, -0.2) is 85.7 Å². The summed E-state index contributed by atoms with van der Waals surface area (Å²) in [7, 11) is 0. The largest absolute Gasteiger partial charge is 0.490 e. The molecule has 1 aliphatic heterocycles. The number of rotatable bonds is 5. The van der Waals surface area contributed by atoms with Gasteiger partial charge in [-0.15, -0.1) is 0 Å². The molecule has 3 heterocycles. The molecule has 0 saturated carbocycles. The lowest BCUT2D eigenvalue weighted by molar-refractivity contribution is -0.193. The van der Waals surface area contributed by atoms with Crippen LogP contribution >= 0.6 is 0 Å². The van der Waals surface area contributed by atoms with Gasteiger partial charge in [-0.25, -0.2) is 9.59 Å². The lowest BCUT2D eigenvalue weighted by Crippen LogP contribution is -2.45. The van der Waals surface area contributed by atoms with Gasteiger partial charge in [0.2, 0.25) is 0 Å². The standard InChI is InChI=1S/C24H25N5.2C2HF3O2/c1-3-21(22-5-6-24-23(15-22)16-26-27-24)4-2-19(1)17-28-11-13-29(14-12-28)18-20-7-9-25-10-8-20;2*3-2(4,5)1(6)7/h1-10,15-16H,11-14,17-18H2,(H,26,27);2*(H,6,7). The first-order chi connectivity index (χ1) is 20.2. The van der Waals surface area contributed by atoms with Crippen LogP contribution in [0.25, 0.3) is 22.0 Å². The van der Waals surface area contributed by atoms with Gasteiger partial charge in [-0.1, -0.05) is 30.3 Å². The molecule has 5 rings (SSSR count). The Hall–Kier alpha value is -4.50. The van der Waals surface area contributed by atoms with Crippen molar-refractivity contribution in [3.8, 4) is 11.1 Å². The minimum Gasteiger partial charge on any atom is -0.475 e. The molecule has 2 aromatic heterocycles. The Labute approximate surface area is 241 Å². The van der Waals surface area contributed by atoms with E-state index >= 15 is 0 Å². The Morgan fingerprint density at radius 1 is 0.721 bits per heavy atom. The monoisotopic (exact) mass is 611 g/mol. The molecular weight excluding hydrogens is 584 g/mol. The highest BCUT2D eigenvalue weighted by atomic mass is 19.4. The number of H-pyrrole nitrogens is 1. The van der Waals surface area contributed by atoms with E-state index in [0.29, 0.717) is 0 Å². The van der Waals surface area contributed by atoms with E-state index < -0.39 is 24.3 Å². The summed E-state index contributed by atoms with van der Waals surface area (Å²) in [5.74, 6) is -5.51. The van der Waals surface area contributed by atoms with Crippen LogP contribution in [0, 0.1) is 0 Å². The molecule has 43 heavy (non-hydrogen) atoms. The Balaban J connectivity index is 0.000000303. The predicted molar refractivity (Wildman–Crippen MR) is 144 cm³/mol. The normalized spacial score (nSPS) is 14.3. The van der Waals surface area contributed by atoms with Crippen LogP contribution in [0.4, 0.5) is 26.3 Å². The zero-order valence-electron chi connectivity index (χ0n) is 22.4. The summed E-state index contributed by atoms with van der Waals surface area (Å²) < 4.78 is 63.5. The van der Waals surface area contributed by atoms with E-state index in [4.69, 9.17) is 19.8 Å². The molecule has 1 saturated heterocycles. The molecule has 4 aromatic rings. The van der Waals surface area contributed by atoms with Crippen molar-refractivity contribution in [1.29, 1.82) is 0 Å². The quantitative estimate of drug-likeness (QED) is 0.263. The highest BCUT2D eigenvalue weighted by Gasteiger charge is 2.38. The number of piperazine rings is 1. The fraction of sp³-hybridized carbons (Fsp3) is 0.286. The Kier molecular flexibility index (Phi) is 11.2. The molecule has 1 aliphatic rings. The molecule has 9 nitrogen and oxygen atoms in total. The number of carbonyl (C=O) groups is 2. The maximum Gasteiger partial charge on any atom is 0.490 e. The van der Waals surface area contributed by atoms with Gasteiger partial charge in [0.05, 0.1) is 11.7 Å². The topological polar surface area (TPSA) is 123 Å². The van der Waals surface area contributed by atoms with E-state index in [1.54, 1.807) is 0 Å². The number of benzene rings is 2. The zero-order valence-corrected chi connectivity index (χ0v) is 22.4. The molecule has 0 atom stereocenters. The van der Waals surface area contributed by atoms with Crippen molar-refractivity contribution in [2.75, 3.05) is 26.2 Å². The number of hydrogen-bond acceptors (Lipinski definition) is 6. The van der Waals surface area contributed by atoms with E-state index in [1.165, 1.54) is 22.3 Å². The second kappa shape index (κ2) is 14.6. The van der Waals surface area contributed by atoms with Crippen LogP contribution in [0.2, 0.25) is 0 Å². The van der Waals surface area contributed by atoms with Gasteiger partial charge in [0.15, 0.2) is 0 Å². The number of carboxylic acid groups (broad SMARTS) is 2. The summed E-state index contributed by atoms with van der Waals surface area (Å²) in [6.07, 6.45) is -4.54. The van der Waals surface area contributed by atoms with Crippen molar-refractivity contribution >= 4 is 22.8 Å². The number of alkyl halides is 6. The van der Waals surface area contributed by atoms with Crippen LogP contribution in [-0.2, 0) is 22.7 Å². The van der Waals surface area contributed by atoms with Gasteiger partial charge in [0.1, 0.15) is 0 Å². The lowest BCUT2D eigenvalue weighted by atomic mass is 10.0. The van der Waals surface area contributed by atoms with E-state index in [9.17, 15) is 26.3 Å². The summed E-state index contributed by atoms with van der Waals surface area (Å²) in [6.45, 7) is 6.50. The predicted octanol–water partition coefficient (Wildman–Crippen LogP) is 5.21. The third kappa shape index (κ3) is 10.7. The number of carboxylic acids is 2. The molecule has 15 heteroatoms. The first kappa shape index (κ1) is 33.0. The molecule has 0 unspecified atom stereocenters. The minimum atomic E-state index is -5.08. The number of pyridine rings is 1. The van der Waals surface area contributed by atoms with Crippen LogP contribution < -0.4 is 0 Å². The minimum absolute atomic E-state index is 1.02. The zero-order chi connectivity index (χ0) is 31.6. The number of nitrogens with one attached hydrogen (secondary N) is 1. The van der Waals surface area contributed by atoms with Crippen molar-refractivity contribution in [3.05, 3.63) is 84.3 Å². The van der Waals surface area contributed by atoms with Crippen LogP contribution in [0.5, 0.6) is 0 Å². The van der Waals surface area contributed by atoms with Gasteiger partial charge < -0.3 is 10.2 Å². The third-order valence-electron chi connectivity index (χ3n) is 6.24. The highest BCUT2D eigenvalue weighted by molar-refractivity contribution is 5.84. The summed E-state index contributed by atoms with van der Waals surface area (Å²) in [5, 5.41) is 22.5. The van der Waals surface area contributed by atoms with Gasteiger partial charge in [0.25, 0.3) is 0 Å². The average molecular weight is 612 g/mol. The molecule has 0 aliphatic carbocycles. The van der Waals surface area contributed by atoms with E-state index in [2.05, 4.69) is 79.6 Å². The van der Waals surface area contributed by atoms with Gasteiger partial charge in [-0.3, -0.25) is 19.9 Å². The smallest absolute Gasteiger partial charge is 0.475 e. The number of hydrogen-bond donors (Lipinski definition) is 3. The summed E-state index contributed by atoms with van der Waals surface area (Å²) in [4.78, 5) is 27.0.